The second kappa shape index (κ2) is 4.06. The predicted molar refractivity (Wildman–Crippen MR) is 73.4 cm³/mol. The van der Waals surface area contributed by atoms with Crippen molar-refractivity contribution in [1.29, 1.82) is 0 Å². The molecule has 3 nitrogen and oxygen atoms in total. The SMILES string of the molecule is CC1=C(C)P1(C)(OS(=O)(=O)C(F)(F)F)c1ccccc1. The first-order valence-electron chi connectivity index (χ1n) is 5.73. The van der Waals surface area contributed by atoms with Crippen molar-refractivity contribution < 1.29 is 25.6 Å². The van der Waals surface area contributed by atoms with Crippen molar-refractivity contribution in [2.24, 2.45) is 0 Å². The molecule has 8 heteroatoms. The predicted octanol–water partition coefficient (Wildman–Crippen LogP) is 3.54. The Hall–Kier alpha value is -0.910. The average molecular weight is 326 g/mol. The van der Waals surface area contributed by atoms with E-state index in [0.29, 0.717) is 15.9 Å². The van der Waals surface area contributed by atoms with E-state index in [2.05, 4.69) is 0 Å². The standard InChI is InChI=1S/C12H14F3O3PS/c1-9-10(2)19(9,3,11-7-5-4-6-8-11)18-20(16,17)12(13,14)15/h4-8H,1-3H3. The Bertz CT molecular complexity index is 680. The van der Waals surface area contributed by atoms with E-state index in [1.54, 1.807) is 44.2 Å². The Morgan fingerprint density at radius 1 is 1.05 bits per heavy atom. The molecule has 112 valence electrons. The fourth-order valence-electron chi connectivity index (χ4n) is 2.36. The van der Waals surface area contributed by atoms with Gasteiger partial charge in [-0.3, -0.25) is 0 Å². The molecule has 0 saturated heterocycles. The number of benzene rings is 1. The monoisotopic (exact) mass is 326 g/mol. The fraction of sp³-hybridized carbons (Fsp3) is 0.333. The van der Waals surface area contributed by atoms with Gasteiger partial charge in [-0.1, -0.05) is 0 Å². The number of alkyl halides is 3. The summed E-state index contributed by atoms with van der Waals surface area (Å²) in [6, 6.07) is 8.21. The molecule has 0 fully saturated rings. The van der Waals surface area contributed by atoms with Crippen molar-refractivity contribution in [1.82, 2.24) is 0 Å². The van der Waals surface area contributed by atoms with Crippen LogP contribution in [0.1, 0.15) is 13.8 Å². The zero-order valence-electron chi connectivity index (χ0n) is 11.1. The number of rotatable bonds is 3. The summed E-state index contributed by atoms with van der Waals surface area (Å²) in [6.07, 6.45) is 0. The van der Waals surface area contributed by atoms with Crippen molar-refractivity contribution in [3.05, 3.63) is 41.0 Å². The van der Waals surface area contributed by atoms with E-state index in [4.69, 9.17) is 3.97 Å². The van der Waals surface area contributed by atoms with Crippen LogP contribution in [0.15, 0.2) is 41.0 Å². The molecule has 2 rings (SSSR count). The Morgan fingerprint density at radius 2 is 1.50 bits per heavy atom. The molecule has 0 bridgehead atoms. The van der Waals surface area contributed by atoms with Crippen LogP contribution in [0.5, 0.6) is 0 Å². The summed E-state index contributed by atoms with van der Waals surface area (Å²) in [7, 11) is -5.65. The van der Waals surface area contributed by atoms with Crippen molar-refractivity contribution in [2.45, 2.75) is 19.4 Å². The van der Waals surface area contributed by atoms with E-state index >= 15 is 0 Å². The van der Waals surface area contributed by atoms with Gasteiger partial charge in [0.2, 0.25) is 0 Å². The number of hydrogen-bond acceptors (Lipinski definition) is 3. The molecule has 0 N–H and O–H groups in total. The van der Waals surface area contributed by atoms with Gasteiger partial charge in [0.1, 0.15) is 0 Å². The van der Waals surface area contributed by atoms with Gasteiger partial charge in [-0.25, -0.2) is 0 Å². The maximum atomic E-state index is 12.6. The van der Waals surface area contributed by atoms with E-state index in [-0.39, 0.29) is 0 Å². The Labute approximate surface area is 115 Å². The average Bonchev–Trinajstić information content (AvgIpc) is 2.77. The van der Waals surface area contributed by atoms with Gasteiger partial charge in [0.25, 0.3) is 0 Å². The van der Waals surface area contributed by atoms with Crippen molar-refractivity contribution in [3.8, 4) is 0 Å². The third-order valence-electron chi connectivity index (χ3n) is 4.04. The van der Waals surface area contributed by atoms with E-state index in [1.807, 2.05) is 0 Å². The molecule has 0 radical (unpaired) electrons. The fourth-order valence-corrected chi connectivity index (χ4v) is 9.63. The summed E-state index contributed by atoms with van der Waals surface area (Å²) in [5, 5.41) is 1.67. The Kier molecular flexibility index (Phi) is 3.14. The van der Waals surface area contributed by atoms with Crippen LogP contribution in [0.3, 0.4) is 0 Å². The Morgan fingerprint density at radius 3 is 1.85 bits per heavy atom. The van der Waals surface area contributed by atoms with Gasteiger partial charge in [0.05, 0.1) is 0 Å². The Balaban J connectivity index is 2.56. The molecule has 0 atom stereocenters. The second-order valence-electron chi connectivity index (χ2n) is 4.94. The zero-order valence-corrected chi connectivity index (χ0v) is 12.8. The van der Waals surface area contributed by atoms with Gasteiger partial charge in [0.15, 0.2) is 0 Å². The normalized spacial score (nSPS) is 23.0. The third-order valence-corrected chi connectivity index (χ3v) is 12.1. The molecule has 1 aliphatic heterocycles. The van der Waals surface area contributed by atoms with Crippen LogP contribution in [0.4, 0.5) is 13.2 Å². The molecule has 0 saturated carbocycles. The molecule has 0 unspecified atom stereocenters. The summed E-state index contributed by atoms with van der Waals surface area (Å²) < 4.78 is 65.5. The summed E-state index contributed by atoms with van der Waals surface area (Å²) in [6.45, 7) is 0.969. The minimum absolute atomic E-state index is 0.487. The van der Waals surface area contributed by atoms with E-state index in [0.717, 1.165) is 0 Å². The second-order valence-corrected chi connectivity index (χ2v) is 11.7. The van der Waals surface area contributed by atoms with Crippen LogP contribution < -0.4 is 5.30 Å². The molecule has 0 spiro atoms. The van der Waals surface area contributed by atoms with Gasteiger partial charge < -0.3 is 0 Å². The van der Waals surface area contributed by atoms with Gasteiger partial charge in [0, 0.05) is 0 Å². The molecule has 0 amide bonds. The molecule has 0 aromatic heterocycles. The third kappa shape index (κ3) is 1.84. The summed E-state index contributed by atoms with van der Waals surface area (Å²) >= 11 is 0. The van der Waals surface area contributed by atoms with Gasteiger partial charge >= 0.3 is 115 Å². The van der Waals surface area contributed by atoms with Crippen LogP contribution in [-0.4, -0.2) is 20.6 Å². The van der Waals surface area contributed by atoms with Gasteiger partial charge in [-0.05, 0) is 0 Å². The number of allylic oxidation sites excluding steroid dienone is 2. The number of hydrogen-bond donors (Lipinski definition) is 0. The van der Waals surface area contributed by atoms with Crippen molar-refractivity contribution >= 4 is 22.3 Å². The molecule has 1 heterocycles. The summed E-state index contributed by atoms with van der Waals surface area (Å²) in [4.78, 5) is 0. The first-order valence-corrected chi connectivity index (χ1v) is 9.74. The maximum absolute atomic E-state index is 12.6. The molecular formula is C12H14F3O3PS. The minimum atomic E-state index is -5.65. The van der Waals surface area contributed by atoms with Crippen molar-refractivity contribution in [2.75, 3.05) is 6.66 Å². The molecule has 1 aromatic rings. The van der Waals surface area contributed by atoms with Crippen LogP contribution in [-0.2, 0) is 14.1 Å². The first kappa shape index (κ1) is 15.5. The van der Waals surface area contributed by atoms with Gasteiger partial charge in [-0.2, -0.15) is 0 Å². The number of halogens is 3. The van der Waals surface area contributed by atoms with Crippen LogP contribution in [0.25, 0.3) is 0 Å². The van der Waals surface area contributed by atoms with E-state index in [1.165, 1.54) is 6.66 Å². The summed E-state index contributed by atoms with van der Waals surface area (Å²) in [5.74, 6) is 0. The van der Waals surface area contributed by atoms with Gasteiger partial charge in [-0.15, -0.1) is 0 Å². The quantitative estimate of drug-likeness (QED) is 0.630. The van der Waals surface area contributed by atoms with Crippen LogP contribution in [0, 0.1) is 0 Å². The first-order chi connectivity index (χ1) is 8.95. The molecule has 0 aliphatic carbocycles. The topological polar surface area (TPSA) is 43.4 Å². The molecule has 1 aliphatic rings. The van der Waals surface area contributed by atoms with E-state index < -0.39 is 22.5 Å². The summed E-state index contributed by atoms with van der Waals surface area (Å²) in [5.41, 5.74) is -5.42. The molecule has 1 aromatic carbocycles. The molecule has 20 heavy (non-hydrogen) atoms. The zero-order chi connectivity index (χ0) is 15.4. The molecular weight excluding hydrogens is 312 g/mol. The van der Waals surface area contributed by atoms with Crippen LogP contribution in [0.2, 0.25) is 0 Å². The van der Waals surface area contributed by atoms with Crippen molar-refractivity contribution in [3.63, 3.8) is 0 Å². The van der Waals surface area contributed by atoms with E-state index in [9.17, 15) is 21.6 Å². The van der Waals surface area contributed by atoms with Crippen LogP contribution >= 0.6 is 6.83 Å².